The molecule has 0 radical (unpaired) electrons. The lowest BCUT2D eigenvalue weighted by Crippen LogP contribution is -2.19. The van der Waals surface area contributed by atoms with E-state index in [2.05, 4.69) is 17.2 Å². The Bertz CT molecular complexity index is 500. The maximum absolute atomic E-state index is 11.6. The molecule has 0 heterocycles. The Balaban J connectivity index is 2.78. The Morgan fingerprint density at radius 3 is 2.85 bits per heavy atom. The first-order chi connectivity index (χ1) is 9.71. The Morgan fingerprint density at radius 1 is 1.40 bits per heavy atom. The number of hydrogen-bond donors (Lipinski definition) is 2. The summed E-state index contributed by atoms with van der Waals surface area (Å²) in [7, 11) is 0. The molecule has 0 atom stereocenters. The highest BCUT2D eigenvalue weighted by molar-refractivity contribution is 5.92. The molecule has 0 saturated carbocycles. The molecule has 0 aromatic heterocycles. The van der Waals surface area contributed by atoms with Gasteiger partial charge in [0.2, 0.25) is 5.91 Å². The average Bonchev–Trinajstić information content (AvgIpc) is 2.46. The molecule has 2 N–H and O–H groups in total. The maximum atomic E-state index is 11.6. The summed E-state index contributed by atoms with van der Waals surface area (Å²) in [5, 5.41) is 11.5. The van der Waals surface area contributed by atoms with E-state index in [1.54, 1.807) is 0 Å². The number of carbonyl (C=O) groups excluding carboxylic acids is 1. The van der Waals surface area contributed by atoms with Crippen molar-refractivity contribution in [2.45, 2.75) is 26.7 Å². The van der Waals surface area contributed by atoms with Crippen LogP contribution in [0.5, 0.6) is 0 Å². The lowest BCUT2D eigenvalue weighted by atomic mass is 10.1. The first-order valence-electron chi connectivity index (χ1n) is 6.81. The van der Waals surface area contributed by atoms with Crippen LogP contribution in [-0.4, -0.2) is 30.8 Å². The highest BCUT2D eigenvalue weighted by Crippen LogP contribution is 2.18. The van der Waals surface area contributed by atoms with Crippen LogP contribution in [0.2, 0.25) is 0 Å². The molecule has 1 aromatic rings. The van der Waals surface area contributed by atoms with E-state index in [4.69, 9.17) is 9.84 Å². The highest BCUT2D eigenvalue weighted by Gasteiger charge is 2.06. The van der Waals surface area contributed by atoms with Crippen LogP contribution < -0.4 is 5.32 Å². The number of hydrogen-bond acceptors (Lipinski definition) is 3. The van der Waals surface area contributed by atoms with Gasteiger partial charge in [-0.1, -0.05) is 18.8 Å². The zero-order valence-corrected chi connectivity index (χ0v) is 12.0. The van der Waals surface area contributed by atoms with Crippen molar-refractivity contribution in [2.75, 3.05) is 25.1 Å². The van der Waals surface area contributed by atoms with Gasteiger partial charge in [-0.05, 0) is 37.1 Å². The van der Waals surface area contributed by atoms with Gasteiger partial charge < -0.3 is 15.2 Å². The number of nitrogens with one attached hydrogen (secondary N) is 1. The number of aryl methyl sites for hydroxylation is 1. The SMILES string of the molecule is CCOCC(=O)Nc1ccc(C#CCCO)cc1CC. The van der Waals surface area contributed by atoms with Crippen molar-refractivity contribution in [1.29, 1.82) is 0 Å². The summed E-state index contributed by atoms with van der Waals surface area (Å²) in [6, 6.07) is 5.67. The van der Waals surface area contributed by atoms with Gasteiger partial charge in [0.1, 0.15) is 6.61 Å². The van der Waals surface area contributed by atoms with E-state index in [1.807, 2.05) is 32.0 Å². The van der Waals surface area contributed by atoms with Crippen molar-refractivity contribution < 1.29 is 14.6 Å². The topological polar surface area (TPSA) is 58.6 Å². The minimum Gasteiger partial charge on any atom is -0.395 e. The smallest absolute Gasteiger partial charge is 0.250 e. The molecule has 0 saturated heterocycles. The van der Waals surface area contributed by atoms with Gasteiger partial charge in [0.05, 0.1) is 6.61 Å². The fraction of sp³-hybridized carbons (Fsp3) is 0.438. The number of aliphatic hydroxyl groups excluding tert-OH is 1. The summed E-state index contributed by atoms with van der Waals surface area (Å²) in [5.41, 5.74) is 2.72. The second-order valence-corrected chi connectivity index (χ2v) is 4.19. The third-order valence-electron chi connectivity index (χ3n) is 2.67. The molecular formula is C16H21NO3. The van der Waals surface area contributed by atoms with Gasteiger partial charge in [0.15, 0.2) is 0 Å². The van der Waals surface area contributed by atoms with Gasteiger partial charge in [0.25, 0.3) is 0 Å². The molecule has 0 fully saturated rings. The maximum Gasteiger partial charge on any atom is 0.250 e. The van der Waals surface area contributed by atoms with Gasteiger partial charge >= 0.3 is 0 Å². The van der Waals surface area contributed by atoms with Crippen LogP contribution in [0, 0.1) is 11.8 Å². The second-order valence-electron chi connectivity index (χ2n) is 4.19. The number of amides is 1. The Kier molecular flexibility index (Phi) is 7.41. The fourth-order valence-corrected chi connectivity index (χ4v) is 1.69. The van der Waals surface area contributed by atoms with E-state index >= 15 is 0 Å². The van der Waals surface area contributed by atoms with E-state index in [-0.39, 0.29) is 19.1 Å². The summed E-state index contributed by atoms with van der Waals surface area (Å²) in [5.74, 6) is 5.72. The Hall–Kier alpha value is -1.83. The zero-order chi connectivity index (χ0) is 14.8. The summed E-state index contributed by atoms with van der Waals surface area (Å²) in [4.78, 5) is 11.6. The molecule has 0 unspecified atom stereocenters. The molecule has 0 aliphatic carbocycles. The van der Waals surface area contributed by atoms with Crippen LogP contribution in [0.4, 0.5) is 5.69 Å². The van der Waals surface area contributed by atoms with Crippen LogP contribution in [-0.2, 0) is 16.0 Å². The molecule has 0 aliphatic rings. The summed E-state index contributed by atoms with van der Waals surface area (Å²) in [6.07, 6.45) is 1.27. The van der Waals surface area contributed by atoms with Crippen molar-refractivity contribution in [3.05, 3.63) is 29.3 Å². The fourth-order valence-electron chi connectivity index (χ4n) is 1.69. The van der Waals surface area contributed by atoms with Crippen molar-refractivity contribution in [2.24, 2.45) is 0 Å². The molecule has 4 nitrogen and oxygen atoms in total. The average molecular weight is 275 g/mol. The van der Waals surface area contributed by atoms with E-state index in [0.717, 1.165) is 23.2 Å². The second kappa shape index (κ2) is 9.13. The molecule has 1 aromatic carbocycles. The van der Waals surface area contributed by atoms with E-state index in [9.17, 15) is 4.79 Å². The Labute approximate surface area is 120 Å². The molecule has 20 heavy (non-hydrogen) atoms. The first-order valence-corrected chi connectivity index (χ1v) is 6.81. The van der Waals surface area contributed by atoms with Crippen molar-refractivity contribution in [3.8, 4) is 11.8 Å². The quantitative estimate of drug-likeness (QED) is 0.780. The summed E-state index contributed by atoms with van der Waals surface area (Å²) in [6.45, 7) is 4.54. The van der Waals surface area contributed by atoms with Crippen molar-refractivity contribution in [3.63, 3.8) is 0 Å². The molecule has 0 spiro atoms. The van der Waals surface area contributed by atoms with Crippen LogP contribution in [0.1, 0.15) is 31.4 Å². The number of carbonyl (C=O) groups is 1. The third kappa shape index (κ3) is 5.43. The largest absolute Gasteiger partial charge is 0.395 e. The Morgan fingerprint density at radius 2 is 2.20 bits per heavy atom. The predicted molar refractivity (Wildman–Crippen MR) is 79.5 cm³/mol. The minimum absolute atomic E-state index is 0.0672. The standard InChI is InChI=1S/C16H21NO3/c1-3-14-11-13(7-5-6-10-18)8-9-15(14)17-16(19)12-20-4-2/h8-9,11,18H,3-4,6,10,12H2,1-2H3,(H,17,19). The van der Waals surface area contributed by atoms with Crippen LogP contribution in [0.3, 0.4) is 0 Å². The molecule has 1 amide bonds. The molecule has 1 rings (SSSR count). The molecule has 0 aliphatic heterocycles. The first kappa shape index (κ1) is 16.2. The number of anilines is 1. The van der Waals surface area contributed by atoms with Gasteiger partial charge in [0, 0.05) is 24.3 Å². The number of rotatable bonds is 6. The molecule has 108 valence electrons. The van der Waals surface area contributed by atoms with Crippen LogP contribution >= 0.6 is 0 Å². The van der Waals surface area contributed by atoms with Gasteiger partial charge in [-0.25, -0.2) is 0 Å². The minimum atomic E-state index is -0.152. The number of aliphatic hydroxyl groups is 1. The summed E-state index contributed by atoms with van der Waals surface area (Å²) < 4.78 is 5.07. The van der Waals surface area contributed by atoms with E-state index in [0.29, 0.717) is 13.0 Å². The predicted octanol–water partition coefficient (Wildman–Crippen LogP) is 1.96. The summed E-state index contributed by atoms with van der Waals surface area (Å²) >= 11 is 0. The van der Waals surface area contributed by atoms with Crippen LogP contribution in [0.25, 0.3) is 0 Å². The lowest BCUT2D eigenvalue weighted by molar-refractivity contribution is -0.120. The van der Waals surface area contributed by atoms with E-state index in [1.165, 1.54) is 0 Å². The monoisotopic (exact) mass is 275 g/mol. The van der Waals surface area contributed by atoms with Crippen molar-refractivity contribution >= 4 is 11.6 Å². The van der Waals surface area contributed by atoms with Crippen LogP contribution in [0.15, 0.2) is 18.2 Å². The zero-order valence-electron chi connectivity index (χ0n) is 12.0. The molecular weight excluding hydrogens is 254 g/mol. The number of ether oxygens (including phenoxy) is 1. The van der Waals surface area contributed by atoms with Gasteiger partial charge in [-0.15, -0.1) is 0 Å². The third-order valence-corrected chi connectivity index (χ3v) is 2.67. The van der Waals surface area contributed by atoms with Gasteiger partial charge in [-0.3, -0.25) is 4.79 Å². The molecule has 0 bridgehead atoms. The molecule has 4 heteroatoms. The number of benzene rings is 1. The highest BCUT2D eigenvalue weighted by atomic mass is 16.5. The normalized spacial score (nSPS) is 9.75. The van der Waals surface area contributed by atoms with E-state index < -0.39 is 0 Å². The van der Waals surface area contributed by atoms with Crippen molar-refractivity contribution in [1.82, 2.24) is 0 Å². The lowest BCUT2D eigenvalue weighted by Gasteiger charge is -2.10. The van der Waals surface area contributed by atoms with Gasteiger partial charge in [-0.2, -0.15) is 0 Å².